The maximum absolute atomic E-state index is 4.77. The molecule has 0 spiro atoms. The molecule has 2 aromatic heterocycles. The molecule has 27 heavy (non-hydrogen) atoms. The van der Waals surface area contributed by atoms with E-state index in [0.717, 1.165) is 30.8 Å². The second kappa shape index (κ2) is 6.93. The Kier molecular flexibility index (Phi) is 4.60. The van der Waals surface area contributed by atoms with Gasteiger partial charge in [0.15, 0.2) is 0 Å². The second-order valence-corrected chi connectivity index (χ2v) is 8.49. The van der Waals surface area contributed by atoms with Gasteiger partial charge in [-0.25, -0.2) is 4.68 Å². The van der Waals surface area contributed by atoms with Gasteiger partial charge in [-0.05, 0) is 55.9 Å². The van der Waals surface area contributed by atoms with Gasteiger partial charge in [0.25, 0.3) is 0 Å². The Balaban J connectivity index is 1.65. The van der Waals surface area contributed by atoms with Crippen LogP contribution in [-0.2, 0) is 13.0 Å². The van der Waals surface area contributed by atoms with Crippen LogP contribution in [0.1, 0.15) is 54.5 Å². The fourth-order valence-corrected chi connectivity index (χ4v) is 4.16. The number of pyridine rings is 1. The highest BCUT2D eigenvalue weighted by atomic mass is 15.3. The van der Waals surface area contributed by atoms with Gasteiger partial charge in [0, 0.05) is 29.5 Å². The van der Waals surface area contributed by atoms with Crippen molar-refractivity contribution in [2.45, 2.75) is 53.1 Å². The summed E-state index contributed by atoms with van der Waals surface area (Å²) in [4.78, 5) is 4.63. The van der Waals surface area contributed by atoms with Crippen LogP contribution < -0.4 is 5.32 Å². The Hall–Kier alpha value is -2.46. The van der Waals surface area contributed by atoms with E-state index in [-0.39, 0.29) is 5.41 Å². The molecule has 3 aromatic rings. The van der Waals surface area contributed by atoms with Crippen molar-refractivity contribution >= 4 is 0 Å². The molecule has 0 saturated heterocycles. The molecule has 0 saturated carbocycles. The molecular formula is C23H28N4. The van der Waals surface area contributed by atoms with E-state index in [2.05, 4.69) is 78.3 Å². The van der Waals surface area contributed by atoms with Crippen LogP contribution in [0.2, 0.25) is 0 Å². The summed E-state index contributed by atoms with van der Waals surface area (Å²) in [6.07, 6.45) is 4.20. The molecule has 0 fully saturated rings. The maximum atomic E-state index is 4.77. The smallest absolute Gasteiger partial charge is 0.0678 e. The molecule has 1 atom stereocenters. The first-order chi connectivity index (χ1) is 12.9. The van der Waals surface area contributed by atoms with E-state index < -0.39 is 0 Å². The van der Waals surface area contributed by atoms with E-state index in [1.165, 1.54) is 22.5 Å². The summed E-state index contributed by atoms with van der Waals surface area (Å²) < 4.78 is 2.14. The molecule has 4 heteroatoms. The normalized spacial score (nSPS) is 18.3. The zero-order valence-electron chi connectivity index (χ0n) is 16.7. The minimum absolute atomic E-state index is 0.227. The number of nitrogens with one attached hydrogen (secondary N) is 1. The average molecular weight is 361 g/mol. The predicted octanol–water partition coefficient (Wildman–Crippen LogP) is 4.69. The van der Waals surface area contributed by atoms with E-state index in [9.17, 15) is 0 Å². The molecule has 0 bridgehead atoms. The minimum atomic E-state index is 0.227. The first-order valence-corrected chi connectivity index (χ1v) is 9.72. The first kappa shape index (κ1) is 17.9. The number of para-hydroxylation sites is 1. The van der Waals surface area contributed by atoms with Crippen LogP contribution in [0.25, 0.3) is 5.69 Å². The van der Waals surface area contributed by atoms with E-state index in [1.807, 2.05) is 13.0 Å². The Bertz CT molecular complexity index is 955. The predicted molar refractivity (Wildman–Crippen MR) is 109 cm³/mol. The van der Waals surface area contributed by atoms with Crippen molar-refractivity contribution in [2.24, 2.45) is 5.41 Å². The number of aromatic nitrogens is 3. The number of benzene rings is 1. The lowest BCUT2D eigenvalue weighted by Gasteiger charge is -2.36. The largest absolute Gasteiger partial charge is 0.304 e. The molecule has 1 N–H and O–H groups in total. The highest BCUT2D eigenvalue weighted by Crippen LogP contribution is 2.41. The molecular weight excluding hydrogens is 332 g/mol. The Morgan fingerprint density at radius 2 is 1.93 bits per heavy atom. The molecule has 140 valence electrons. The van der Waals surface area contributed by atoms with Crippen molar-refractivity contribution in [3.63, 3.8) is 0 Å². The number of hydrogen-bond acceptors (Lipinski definition) is 3. The van der Waals surface area contributed by atoms with Crippen LogP contribution in [0.4, 0.5) is 0 Å². The molecule has 1 aliphatic carbocycles. The van der Waals surface area contributed by atoms with Crippen LogP contribution in [0.3, 0.4) is 0 Å². The summed E-state index contributed by atoms with van der Waals surface area (Å²) in [5.74, 6) is 0. The van der Waals surface area contributed by atoms with Crippen molar-refractivity contribution < 1.29 is 0 Å². The second-order valence-electron chi connectivity index (χ2n) is 8.49. The monoisotopic (exact) mass is 360 g/mol. The van der Waals surface area contributed by atoms with Crippen LogP contribution >= 0.6 is 0 Å². The third-order valence-corrected chi connectivity index (χ3v) is 5.50. The lowest BCUT2D eigenvalue weighted by molar-refractivity contribution is 0.252. The molecule has 1 aromatic carbocycles. The highest BCUT2D eigenvalue weighted by molar-refractivity contribution is 5.43. The van der Waals surface area contributed by atoms with Gasteiger partial charge in [-0.3, -0.25) is 4.98 Å². The number of rotatable bonds is 4. The van der Waals surface area contributed by atoms with Gasteiger partial charge in [0.2, 0.25) is 0 Å². The van der Waals surface area contributed by atoms with Gasteiger partial charge in [0.05, 0.1) is 17.6 Å². The van der Waals surface area contributed by atoms with Gasteiger partial charge in [-0.1, -0.05) is 38.1 Å². The zero-order valence-corrected chi connectivity index (χ0v) is 16.7. The molecule has 0 aliphatic heterocycles. The number of nitrogens with zero attached hydrogens (tertiary/aromatic N) is 3. The van der Waals surface area contributed by atoms with Crippen LogP contribution in [0, 0.1) is 19.3 Å². The van der Waals surface area contributed by atoms with Crippen molar-refractivity contribution in [1.29, 1.82) is 0 Å². The molecule has 0 radical (unpaired) electrons. The Morgan fingerprint density at radius 3 is 2.70 bits per heavy atom. The summed E-state index contributed by atoms with van der Waals surface area (Å²) >= 11 is 0. The molecule has 4 rings (SSSR count). The zero-order chi connectivity index (χ0) is 19.0. The average Bonchev–Trinajstić information content (AvgIpc) is 3.02. The lowest BCUT2D eigenvalue weighted by Crippen LogP contribution is -2.33. The van der Waals surface area contributed by atoms with Crippen molar-refractivity contribution in [3.8, 4) is 5.69 Å². The molecule has 0 amide bonds. The van der Waals surface area contributed by atoms with Crippen molar-refractivity contribution in [2.75, 3.05) is 0 Å². The van der Waals surface area contributed by atoms with E-state index in [4.69, 9.17) is 5.10 Å². The van der Waals surface area contributed by atoms with E-state index >= 15 is 0 Å². The molecule has 1 unspecified atom stereocenters. The Morgan fingerprint density at radius 1 is 1.11 bits per heavy atom. The third kappa shape index (κ3) is 3.67. The van der Waals surface area contributed by atoms with Crippen LogP contribution in [0.15, 0.2) is 48.7 Å². The fraction of sp³-hybridized carbons (Fsp3) is 0.391. The van der Waals surface area contributed by atoms with Gasteiger partial charge < -0.3 is 5.32 Å². The SMILES string of the molecule is Cc1cccc(CNC2CC(C)(C)Cc3c2cnn3-c2ccccc2C)n1. The number of aryl methyl sites for hydroxylation is 2. The van der Waals surface area contributed by atoms with Crippen LogP contribution in [0.5, 0.6) is 0 Å². The molecule has 4 nitrogen and oxygen atoms in total. The summed E-state index contributed by atoms with van der Waals surface area (Å²) in [5, 5.41) is 8.52. The topological polar surface area (TPSA) is 42.7 Å². The summed E-state index contributed by atoms with van der Waals surface area (Å²) in [6.45, 7) is 9.67. The molecule has 2 heterocycles. The highest BCUT2D eigenvalue weighted by Gasteiger charge is 2.35. The number of hydrogen-bond donors (Lipinski definition) is 1. The van der Waals surface area contributed by atoms with Gasteiger partial charge in [-0.15, -0.1) is 0 Å². The minimum Gasteiger partial charge on any atom is -0.304 e. The van der Waals surface area contributed by atoms with Gasteiger partial charge >= 0.3 is 0 Å². The van der Waals surface area contributed by atoms with E-state index in [1.54, 1.807) is 0 Å². The summed E-state index contributed by atoms with van der Waals surface area (Å²) in [7, 11) is 0. The quantitative estimate of drug-likeness (QED) is 0.734. The Labute approximate surface area is 161 Å². The lowest BCUT2D eigenvalue weighted by atomic mass is 9.74. The van der Waals surface area contributed by atoms with E-state index in [0.29, 0.717) is 6.04 Å². The fourth-order valence-electron chi connectivity index (χ4n) is 4.16. The summed E-state index contributed by atoms with van der Waals surface area (Å²) in [6, 6.07) is 15.0. The first-order valence-electron chi connectivity index (χ1n) is 9.72. The van der Waals surface area contributed by atoms with Crippen molar-refractivity contribution in [3.05, 3.63) is 76.9 Å². The van der Waals surface area contributed by atoms with Gasteiger partial charge in [0.1, 0.15) is 0 Å². The third-order valence-electron chi connectivity index (χ3n) is 5.50. The summed E-state index contributed by atoms with van der Waals surface area (Å²) in [5.41, 5.74) is 7.46. The molecule has 1 aliphatic rings. The van der Waals surface area contributed by atoms with Crippen molar-refractivity contribution in [1.82, 2.24) is 20.1 Å². The van der Waals surface area contributed by atoms with Gasteiger partial charge in [-0.2, -0.15) is 5.10 Å². The van der Waals surface area contributed by atoms with Crippen LogP contribution in [-0.4, -0.2) is 14.8 Å². The maximum Gasteiger partial charge on any atom is 0.0678 e. The number of fused-ring (bicyclic) bond motifs is 1. The standard InChI is InChI=1S/C23H28N4/c1-16-8-5-6-11-21(16)27-22-13-23(3,4)12-20(19(22)15-25-27)24-14-18-10-7-9-17(2)26-18/h5-11,15,20,24H,12-14H2,1-4H3.